The van der Waals surface area contributed by atoms with Crippen molar-refractivity contribution in [2.24, 2.45) is 10.7 Å². The molecule has 3 N–H and O–H groups in total. The molecule has 0 saturated carbocycles. The Bertz CT molecular complexity index is 315. The van der Waals surface area contributed by atoms with Crippen molar-refractivity contribution in [3.8, 4) is 0 Å². The zero-order chi connectivity index (χ0) is 8.48. The van der Waals surface area contributed by atoms with Crippen molar-refractivity contribution >= 4 is 14.9 Å². The van der Waals surface area contributed by atoms with Gasteiger partial charge in [-0.2, -0.15) is 0 Å². The van der Waals surface area contributed by atoms with E-state index in [-0.39, 0.29) is 16.6 Å². The summed E-state index contributed by atoms with van der Waals surface area (Å²) in [6.45, 7) is 0.222. The normalized spacial score (nSPS) is 21.2. The Morgan fingerprint density at radius 3 is 2.73 bits per heavy atom. The molecule has 0 amide bonds. The Morgan fingerprint density at radius 1 is 1.73 bits per heavy atom. The van der Waals surface area contributed by atoms with Gasteiger partial charge in [0.1, 0.15) is 0 Å². The lowest BCUT2D eigenvalue weighted by Crippen LogP contribution is -2.26. The summed E-state index contributed by atoms with van der Waals surface area (Å²) < 4.78 is 22.2. The second kappa shape index (κ2) is 2.63. The SMILES string of the molecule is CNCC1=NC=C(N)S1(=O)=O. The van der Waals surface area contributed by atoms with Crippen molar-refractivity contribution in [3.63, 3.8) is 0 Å². The molecule has 0 fully saturated rings. The summed E-state index contributed by atoms with van der Waals surface area (Å²) in [6, 6.07) is 0. The van der Waals surface area contributed by atoms with Gasteiger partial charge < -0.3 is 11.1 Å². The highest BCUT2D eigenvalue weighted by Gasteiger charge is 2.26. The highest BCUT2D eigenvalue weighted by Crippen LogP contribution is 2.10. The first-order valence-electron chi connectivity index (χ1n) is 3.01. The van der Waals surface area contributed by atoms with Crippen molar-refractivity contribution in [2.45, 2.75) is 0 Å². The molecule has 0 atom stereocenters. The van der Waals surface area contributed by atoms with Crippen LogP contribution in [0.15, 0.2) is 16.2 Å². The lowest BCUT2D eigenvalue weighted by molar-refractivity contribution is 0.612. The third-order valence-corrected chi connectivity index (χ3v) is 2.88. The number of aliphatic imine (C=N–C) groups is 1. The predicted octanol–water partition coefficient (Wildman–Crippen LogP) is -1.21. The number of hydrogen-bond donors (Lipinski definition) is 2. The molecule has 0 aromatic rings. The summed E-state index contributed by atoms with van der Waals surface area (Å²) in [7, 11) is -1.76. The molecule has 0 aliphatic carbocycles. The smallest absolute Gasteiger partial charge is 0.237 e. The van der Waals surface area contributed by atoms with E-state index < -0.39 is 9.84 Å². The van der Waals surface area contributed by atoms with Gasteiger partial charge in [-0.05, 0) is 7.05 Å². The van der Waals surface area contributed by atoms with Crippen molar-refractivity contribution in [3.05, 3.63) is 11.2 Å². The first-order chi connectivity index (χ1) is 5.09. The molecular formula is C5H9N3O2S. The summed E-state index contributed by atoms with van der Waals surface area (Å²) in [5.41, 5.74) is 5.16. The second-order valence-electron chi connectivity index (χ2n) is 2.09. The van der Waals surface area contributed by atoms with Crippen LogP contribution in [0.4, 0.5) is 0 Å². The number of nitrogens with zero attached hydrogens (tertiary/aromatic N) is 1. The maximum atomic E-state index is 11.1. The summed E-state index contributed by atoms with van der Waals surface area (Å²) in [4.78, 5) is 3.64. The number of hydrogen-bond acceptors (Lipinski definition) is 5. The molecule has 0 spiro atoms. The van der Waals surface area contributed by atoms with Crippen LogP contribution in [0.3, 0.4) is 0 Å². The van der Waals surface area contributed by atoms with Gasteiger partial charge in [0, 0.05) is 6.54 Å². The molecule has 1 rings (SSSR count). The first-order valence-corrected chi connectivity index (χ1v) is 4.49. The Kier molecular flexibility index (Phi) is 1.97. The molecule has 0 radical (unpaired) electrons. The quantitative estimate of drug-likeness (QED) is 0.551. The summed E-state index contributed by atoms with van der Waals surface area (Å²) in [5.74, 6) is 0. The average molecular weight is 175 g/mol. The topological polar surface area (TPSA) is 84.5 Å². The van der Waals surface area contributed by atoms with Crippen LogP contribution < -0.4 is 11.1 Å². The van der Waals surface area contributed by atoms with Crippen molar-refractivity contribution < 1.29 is 8.42 Å². The van der Waals surface area contributed by atoms with E-state index in [9.17, 15) is 8.42 Å². The molecule has 0 bridgehead atoms. The van der Waals surface area contributed by atoms with Crippen LogP contribution in [0.2, 0.25) is 0 Å². The summed E-state index contributed by atoms with van der Waals surface area (Å²) in [6.07, 6.45) is 1.15. The highest BCUT2D eigenvalue weighted by atomic mass is 32.2. The van der Waals surface area contributed by atoms with Crippen LogP contribution >= 0.6 is 0 Å². The fraction of sp³-hybridized carbons (Fsp3) is 0.400. The van der Waals surface area contributed by atoms with Crippen LogP contribution in [-0.4, -0.2) is 27.1 Å². The number of nitrogens with two attached hydrogens (primary N) is 1. The minimum Gasteiger partial charge on any atom is -0.388 e. The molecule has 1 heterocycles. The molecule has 1 aliphatic rings. The van der Waals surface area contributed by atoms with Gasteiger partial charge >= 0.3 is 0 Å². The zero-order valence-corrected chi connectivity index (χ0v) is 6.85. The Balaban J connectivity index is 2.93. The van der Waals surface area contributed by atoms with Crippen LogP contribution in [0.5, 0.6) is 0 Å². The van der Waals surface area contributed by atoms with E-state index in [0.717, 1.165) is 6.20 Å². The van der Waals surface area contributed by atoms with Crippen molar-refractivity contribution in [2.75, 3.05) is 13.6 Å². The summed E-state index contributed by atoms with van der Waals surface area (Å²) >= 11 is 0. The maximum Gasteiger partial charge on any atom is 0.237 e. The zero-order valence-electron chi connectivity index (χ0n) is 6.03. The van der Waals surface area contributed by atoms with Gasteiger partial charge in [-0.25, -0.2) is 13.4 Å². The summed E-state index contributed by atoms with van der Waals surface area (Å²) in [5, 5.41) is 2.59. The Labute approximate surface area is 64.9 Å². The van der Waals surface area contributed by atoms with E-state index in [0.29, 0.717) is 0 Å². The lowest BCUT2D eigenvalue weighted by atomic mass is 10.7. The van der Waals surface area contributed by atoms with E-state index in [1.165, 1.54) is 0 Å². The van der Waals surface area contributed by atoms with E-state index in [4.69, 9.17) is 5.73 Å². The molecule has 0 aromatic carbocycles. The maximum absolute atomic E-state index is 11.1. The molecule has 0 unspecified atom stereocenters. The third-order valence-electron chi connectivity index (χ3n) is 1.28. The van der Waals surface area contributed by atoms with Gasteiger partial charge in [-0.1, -0.05) is 0 Å². The Morgan fingerprint density at radius 2 is 2.36 bits per heavy atom. The van der Waals surface area contributed by atoms with E-state index >= 15 is 0 Å². The molecule has 6 heteroatoms. The van der Waals surface area contributed by atoms with Crippen LogP contribution in [0.25, 0.3) is 0 Å². The van der Waals surface area contributed by atoms with Gasteiger partial charge in [-0.15, -0.1) is 0 Å². The van der Waals surface area contributed by atoms with Gasteiger partial charge in [0.05, 0.1) is 6.20 Å². The lowest BCUT2D eigenvalue weighted by Gasteiger charge is -1.99. The molecule has 62 valence electrons. The van der Waals surface area contributed by atoms with E-state index in [2.05, 4.69) is 10.3 Å². The molecule has 11 heavy (non-hydrogen) atoms. The van der Waals surface area contributed by atoms with E-state index in [1.807, 2.05) is 0 Å². The minimum atomic E-state index is -3.40. The number of sulfone groups is 1. The standard InChI is InChI=1S/C5H9N3O2S/c1-7-3-5-8-2-4(6)11(5,9)10/h2,7H,3,6H2,1H3. The van der Waals surface area contributed by atoms with Crippen molar-refractivity contribution in [1.82, 2.24) is 5.32 Å². The van der Waals surface area contributed by atoms with Crippen LogP contribution in [0, 0.1) is 0 Å². The Hall–Kier alpha value is -0.880. The average Bonchev–Trinajstić information content (AvgIpc) is 2.16. The number of rotatable bonds is 2. The van der Waals surface area contributed by atoms with Gasteiger partial charge in [-0.3, -0.25) is 0 Å². The molecular weight excluding hydrogens is 166 g/mol. The molecule has 0 aromatic heterocycles. The largest absolute Gasteiger partial charge is 0.388 e. The predicted molar refractivity (Wildman–Crippen MR) is 42.6 cm³/mol. The molecule has 0 saturated heterocycles. The molecule has 5 nitrogen and oxygen atoms in total. The van der Waals surface area contributed by atoms with Gasteiger partial charge in [0.15, 0.2) is 10.1 Å². The monoisotopic (exact) mass is 175 g/mol. The fourth-order valence-electron chi connectivity index (χ4n) is 0.702. The minimum absolute atomic E-state index is 0.0810. The van der Waals surface area contributed by atoms with Gasteiger partial charge in [0.25, 0.3) is 0 Å². The fourth-order valence-corrected chi connectivity index (χ4v) is 1.69. The highest BCUT2D eigenvalue weighted by molar-refractivity contribution is 8.10. The first kappa shape index (κ1) is 8.22. The van der Waals surface area contributed by atoms with E-state index in [1.54, 1.807) is 7.05 Å². The van der Waals surface area contributed by atoms with Crippen LogP contribution in [0.1, 0.15) is 0 Å². The molecule has 1 aliphatic heterocycles. The second-order valence-corrected chi connectivity index (χ2v) is 4.04. The van der Waals surface area contributed by atoms with Gasteiger partial charge in [0.2, 0.25) is 9.84 Å². The van der Waals surface area contributed by atoms with Crippen LogP contribution in [-0.2, 0) is 9.84 Å². The van der Waals surface area contributed by atoms with Crippen molar-refractivity contribution in [1.29, 1.82) is 0 Å². The number of nitrogens with one attached hydrogen (secondary N) is 1. The third kappa shape index (κ3) is 1.26.